The van der Waals surface area contributed by atoms with E-state index < -0.39 is 46.9 Å². The van der Waals surface area contributed by atoms with Crippen LogP contribution in [0, 0.1) is 0 Å². The van der Waals surface area contributed by atoms with Crippen molar-refractivity contribution in [3.63, 3.8) is 0 Å². The average Bonchev–Trinajstić information content (AvgIpc) is 2.60. The fourth-order valence-corrected chi connectivity index (χ4v) is 2.08. The van der Waals surface area contributed by atoms with Gasteiger partial charge in [0.05, 0.1) is 11.1 Å². The molecule has 12 heteroatoms. The van der Waals surface area contributed by atoms with Crippen LogP contribution in [0.4, 0.5) is 37.7 Å². The first kappa shape index (κ1) is 21.7. The molecule has 0 heterocycles. The van der Waals surface area contributed by atoms with Crippen LogP contribution >= 0.6 is 0 Å². The van der Waals surface area contributed by atoms with E-state index >= 15 is 0 Å². The number of alkyl halides is 6. The standard InChI is InChI=1S/C17H11F6N3O3/c18-16(19,20)9-5-10(17(21,22)23)7-12(6-9)25-14(28)15(29)26-13(27)8-1-3-11(24)4-2-8/h1-7H,24H2,(H,25,28)(H,26,27,29). The molecular weight excluding hydrogens is 408 g/mol. The number of nitrogens with one attached hydrogen (secondary N) is 2. The number of hydrogen-bond acceptors (Lipinski definition) is 4. The molecule has 29 heavy (non-hydrogen) atoms. The lowest BCUT2D eigenvalue weighted by Gasteiger charge is -2.14. The summed E-state index contributed by atoms with van der Waals surface area (Å²) in [5.41, 5.74) is 1.40. The van der Waals surface area contributed by atoms with Crippen molar-refractivity contribution in [2.24, 2.45) is 0 Å². The number of nitrogens with two attached hydrogens (primary N) is 1. The molecule has 0 aliphatic heterocycles. The molecular formula is C17H11F6N3O3. The largest absolute Gasteiger partial charge is 0.416 e. The number of imide groups is 1. The second-order valence-electron chi connectivity index (χ2n) is 5.65. The normalized spacial score (nSPS) is 11.7. The van der Waals surface area contributed by atoms with Crippen LogP contribution < -0.4 is 16.4 Å². The molecule has 0 saturated heterocycles. The number of amides is 3. The van der Waals surface area contributed by atoms with Gasteiger partial charge in [0.2, 0.25) is 0 Å². The van der Waals surface area contributed by atoms with Gasteiger partial charge in [-0.2, -0.15) is 26.3 Å². The molecule has 2 aromatic rings. The number of nitrogen functional groups attached to an aromatic ring is 1. The number of benzene rings is 2. The van der Waals surface area contributed by atoms with Crippen LogP contribution in [0.15, 0.2) is 42.5 Å². The number of hydrogen-bond donors (Lipinski definition) is 3. The van der Waals surface area contributed by atoms with Crippen molar-refractivity contribution in [1.29, 1.82) is 0 Å². The summed E-state index contributed by atoms with van der Waals surface area (Å²) in [6.45, 7) is 0. The smallest absolute Gasteiger partial charge is 0.399 e. The molecule has 3 amide bonds. The van der Waals surface area contributed by atoms with Gasteiger partial charge in [0.1, 0.15) is 0 Å². The van der Waals surface area contributed by atoms with E-state index in [0.29, 0.717) is 5.69 Å². The first-order chi connectivity index (χ1) is 13.3. The minimum Gasteiger partial charge on any atom is -0.399 e. The molecule has 0 spiro atoms. The van der Waals surface area contributed by atoms with Crippen molar-refractivity contribution in [2.75, 3.05) is 11.1 Å². The quantitative estimate of drug-likeness (QED) is 0.395. The summed E-state index contributed by atoms with van der Waals surface area (Å²) in [4.78, 5) is 35.4. The van der Waals surface area contributed by atoms with Crippen molar-refractivity contribution >= 4 is 29.1 Å². The molecule has 0 aliphatic carbocycles. The van der Waals surface area contributed by atoms with Crippen LogP contribution in [-0.2, 0) is 21.9 Å². The Kier molecular flexibility index (Phi) is 5.85. The van der Waals surface area contributed by atoms with Crippen molar-refractivity contribution < 1.29 is 40.7 Å². The number of carbonyl (C=O) groups excluding carboxylic acids is 3. The highest BCUT2D eigenvalue weighted by Gasteiger charge is 2.37. The second-order valence-corrected chi connectivity index (χ2v) is 5.65. The SMILES string of the molecule is Nc1ccc(C(=O)NC(=O)C(=O)Nc2cc(C(F)(F)F)cc(C(F)(F)F)c2)cc1. The maximum absolute atomic E-state index is 12.8. The molecule has 154 valence electrons. The van der Waals surface area contributed by atoms with Crippen LogP contribution in [0.25, 0.3) is 0 Å². The summed E-state index contributed by atoms with van der Waals surface area (Å²) in [6, 6.07) is 5.45. The van der Waals surface area contributed by atoms with E-state index in [1.807, 2.05) is 0 Å². The van der Waals surface area contributed by atoms with Gasteiger partial charge in [-0.25, -0.2) is 0 Å². The van der Waals surface area contributed by atoms with E-state index in [2.05, 4.69) is 0 Å². The topological polar surface area (TPSA) is 101 Å². The number of carbonyl (C=O) groups is 3. The third-order valence-corrected chi connectivity index (χ3v) is 3.45. The second kappa shape index (κ2) is 7.81. The fourth-order valence-electron chi connectivity index (χ4n) is 2.08. The van der Waals surface area contributed by atoms with E-state index in [4.69, 9.17) is 5.73 Å². The molecule has 0 radical (unpaired) electrons. The predicted octanol–water partition coefficient (Wildman–Crippen LogP) is 3.20. The Bertz CT molecular complexity index is 920. The zero-order chi connectivity index (χ0) is 22.0. The van der Waals surface area contributed by atoms with E-state index in [1.54, 1.807) is 10.6 Å². The number of rotatable bonds is 2. The van der Waals surface area contributed by atoms with Crippen molar-refractivity contribution in [3.8, 4) is 0 Å². The Balaban J connectivity index is 2.19. The van der Waals surface area contributed by atoms with Gasteiger partial charge in [-0.15, -0.1) is 0 Å². The van der Waals surface area contributed by atoms with E-state index in [9.17, 15) is 40.7 Å². The van der Waals surface area contributed by atoms with Gasteiger partial charge < -0.3 is 11.1 Å². The summed E-state index contributed by atoms with van der Waals surface area (Å²) in [5.74, 6) is -4.25. The minimum absolute atomic E-state index is 0.0567. The van der Waals surface area contributed by atoms with Crippen LogP contribution in [-0.4, -0.2) is 17.7 Å². The molecule has 0 saturated carbocycles. The highest BCUT2D eigenvalue weighted by molar-refractivity contribution is 6.42. The highest BCUT2D eigenvalue weighted by Crippen LogP contribution is 2.37. The lowest BCUT2D eigenvalue weighted by atomic mass is 10.1. The highest BCUT2D eigenvalue weighted by atomic mass is 19.4. The van der Waals surface area contributed by atoms with Crippen LogP contribution in [0.2, 0.25) is 0 Å². The third kappa shape index (κ3) is 5.70. The fraction of sp³-hybridized carbons (Fsp3) is 0.118. The molecule has 2 rings (SSSR count). The molecule has 0 aromatic heterocycles. The summed E-state index contributed by atoms with van der Waals surface area (Å²) in [6.07, 6.45) is -10.3. The predicted molar refractivity (Wildman–Crippen MR) is 88.4 cm³/mol. The summed E-state index contributed by atoms with van der Waals surface area (Å²) < 4.78 is 76.8. The number of halogens is 6. The maximum Gasteiger partial charge on any atom is 0.416 e. The minimum atomic E-state index is -5.13. The van der Waals surface area contributed by atoms with Crippen LogP contribution in [0.1, 0.15) is 21.5 Å². The van der Waals surface area contributed by atoms with E-state index in [-0.39, 0.29) is 23.8 Å². The average molecular weight is 419 g/mol. The molecule has 0 fully saturated rings. The maximum atomic E-state index is 12.8. The molecule has 6 nitrogen and oxygen atoms in total. The summed E-state index contributed by atoms with van der Waals surface area (Å²) in [7, 11) is 0. The first-order valence-corrected chi connectivity index (χ1v) is 7.59. The summed E-state index contributed by atoms with van der Waals surface area (Å²) in [5, 5.41) is 3.26. The molecule has 0 unspecified atom stereocenters. The molecule has 2 aromatic carbocycles. The van der Waals surface area contributed by atoms with Gasteiger partial charge >= 0.3 is 24.2 Å². The van der Waals surface area contributed by atoms with Crippen molar-refractivity contribution in [1.82, 2.24) is 5.32 Å². The molecule has 0 atom stereocenters. The zero-order valence-electron chi connectivity index (χ0n) is 14.1. The monoisotopic (exact) mass is 419 g/mol. The van der Waals surface area contributed by atoms with Gasteiger partial charge in [-0.05, 0) is 42.5 Å². The van der Waals surface area contributed by atoms with Crippen molar-refractivity contribution in [3.05, 3.63) is 59.2 Å². The molecule has 0 bridgehead atoms. The summed E-state index contributed by atoms with van der Waals surface area (Å²) >= 11 is 0. The lowest BCUT2D eigenvalue weighted by Crippen LogP contribution is -2.39. The van der Waals surface area contributed by atoms with E-state index in [0.717, 1.165) is 0 Å². The Hall–Kier alpha value is -3.57. The Morgan fingerprint density at radius 1 is 0.759 bits per heavy atom. The van der Waals surface area contributed by atoms with Gasteiger partial charge in [0, 0.05) is 16.9 Å². The lowest BCUT2D eigenvalue weighted by molar-refractivity contribution is -0.143. The van der Waals surface area contributed by atoms with Gasteiger partial charge in [-0.3, -0.25) is 19.7 Å². The van der Waals surface area contributed by atoms with Crippen molar-refractivity contribution in [2.45, 2.75) is 12.4 Å². The van der Waals surface area contributed by atoms with Crippen LogP contribution in [0.5, 0.6) is 0 Å². The Morgan fingerprint density at radius 2 is 1.24 bits per heavy atom. The van der Waals surface area contributed by atoms with Gasteiger partial charge in [0.15, 0.2) is 0 Å². The Labute approximate surface area is 158 Å². The van der Waals surface area contributed by atoms with Crippen LogP contribution in [0.3, 0.4) is 0 Å². The number of anilines is 2. The zero-order valence-corrected chi connectivity index (χ0v) is 14.1. The molecule has 4 N–H and O–H groups in total. The third-order valence-electron chi connectivity index (χ3n) is 3.45. The van der Waals surface area contributed by atoms with E-state index in [1.165, 1.54) is 24.3 Å². The Morgan fingerprint density at radius 3 is 1.69 bits per heavy atom. The van der Waals surface area contributed by atoms with Gasteiger partial charge in [0.25, 0.3) is 5.91 Å². The molecule has 0 aliphatic rings. The first-order valence-electron chi connectivity index (χ1n) is 7.59. The van der Waals surface area contributed by atoms with Gasteiger partial charge in [-0.1, -0.05) is 0 Å².